The number of hydrogen-bond acceptors (Lipinski definition) is 2. The van der Waals surface area contributed by atoms with Gasteiger partial charge in [-0.25, -0.2) is 0 Å². The van der Waals surface area contributed by atoms with Crippen molar-refractivity contribution in [3.05, 3.63) is 0 Å². The van der Waals surface area contributed by atoms with Gasteiger partial charge in [0.15, 0.2) is 5.81 Å². The highest BCUT2D eigenvalue weighted by atomic mass is 16.1. The smallest absolute Gasteiger partial charge is 0.232 e. The van der Waals surface area contributed by atoms with Crippen molar-refractivity contribution in [3.8, 4) is 0 Å². The van der Waals surface area contributed by atoms with Crippen molar-refractivity contribution < 1.29 is 9.59 Å². The number of carbonyl (C=O) groups excluding carboxylic acids is 2. The molecule has 5 heteroatoms. The van der Waals surface area contributed by atoms with Crippen LogP contribution in [0.25, 0.3) is 0 Å². The number of rotatable bonds is 8. The molecule has 125 valence electrons. The molecule has 0 saturated heterocycles. The van der Waals surface area contributed by atoms with E-state index >= 15 is 0 Å². The van der Waals surface area contributed by atoms with E-state index in [4.69, 9.17) is 0 Å². The lowest BCUT2D eigenvalue weighted by Gasteiger charge is -1.96. The maximum atomic E-state index is 10.6. The van der Waals surface area contributed by atoms with Crippen LogP contribution in [0.1, 0.15) is 72.6 Å². The molecule has 2 N–H and O–H groups in total. The molecule has 2 amide bonds. The van der Waals surface area contributed by atoms with Crippen LogP contribution in [-0.4, -0.2) is 33.1 Å². The molecule has 21 heavy (non-hydrogen) atoms. The lowest BCUT2D eigenvalue weighted by atomic mass is 9.72. The van der Waals surface area contributed by atoms with Crippen LogP contribution in [0.15, 0.2) is 0 Å². The van der Waals surface area contributed by atoms with Crippen molar-refractivity contribution in [3.63, 3.8) is 0 Å². The average Bonchev–Trinajstić information content (AvgIpc) is 2.50. The summed E-state index contributed by atoms with van der Waals surface area (Å²) >= 11 is 0. The zero-order chi connectivity index (χ0) is 16.9. The zero-order valence-electron chi connectivity index (χ0n) is 15.1. The molecule has 0 atom stereocenters. The first-order valence-corrected chi connectivity index (χ1v) is 8.23. The van der Waals surface area contributed by atoms with Gasteiger partial charge in [-0.2, -0.15) is 0 Å². The van der Waals surface area contributed by atoms with Crippen LogP contribution < -0.4 is 10.6 Å². The van der Waals surface area contributed by atoms with Gasteiger partial charge in [-0.15, -0.1) is 0 Å². The molecule has 0 heterocycles. The predicted octanol–water partition coefficient (Wildman–Crippen LogP) is 3.98. The molecule has 4 nitrogen and oxygen atoms in total. The maximum absolute atomic E-state index is 10.6. The molecule has 0 rings (SSSR count). The first-order valence-electron chi connectivity index (χ1n) is 8.23. The normalized spacial score (nSPS) is 8.48. The van der Waals surface area contributed by atoms with Gasteiger partial charge in [0.2, 0.25) is 13.2 Å². The third kappa shape index (κ3) is 38.1. The van der Waals surface area contributed by atoms with Crippen LogP contribution in [0.4, 0.5) is 4.79 Å². The molecular weight excluding hydrogens is 263 g/mol. The topological polar surface area (TPSA) is 58.2 Å². The molecule has 0 spiro atoms. The molecule has 0 aromatic carbocycles. The molecular formula is C16H36BN2O2. The Morgan fingerprint density at radius 2 is 1.19 bits per heavy atom. The highest BCUT2D eigenvalue weighted by Gasteiger charge is 1.98. The Morgan fingerprint density at radius 1 is 0.810 bits per heavy atom. The lowest BCUT2D eigenvalue weighted by Crippen LogP contribution is -2.22. The first kappa shape index (κ1) is 25.0. The highest BCUT2D eigenvalue weighted by Crippen LogP contribution is 1.98. The van der Waals surface area contributed by atoms with Gasteiger partial charge < -0.3 is 10.6 Å². The SMILES string of the molecule is CCCCCC.CCCCC[B]C(=O)NC.CNC(C)=O. The molecule has 0 aromatic heterocycles. The summed E-state index contributed by atoms with van der Waals surface area (Å²) in [6.07, 6.45) is 10.0. The van der Waals surface area contributed by atoms with Crippen molar-refractivity contribution in [2.75, 3.05) is 14.1 Å². The molecule has 0 aliphatic carbocycles. The van der Waals surface area contributed by atoms with E-state index in [1.165, 1.54) is 45.4 Å². The number of hydrogen-bond donors (Lipinski definition) is 2. The van der Waals surface area contributed by atoms with E-state index in [9.17, 15) is 9.59 Å². The molecule has 0 saturated carbocycles. The van der Waals surface area contributed by atoms with E-state index in [1.807, 2.05) is 0 Å². The van der Waals surface area contributed by atoms with Gasteiger partial charge in [-0.1, -0.05) is 72.0 Å². The summed E-state index contributed by atoms with van der Waals surface area (Å²) in [5, 5.41) is 4.94. The van der Waals surface area contributed by atoms with Gasteiger partial charge >= 0.3 is 0 Å². The number of amides is 2. The standard InChI is InChI=1S/C7H15BNO.C6H14.C3H7NO/c1-3-4-5-6-8-7(10)9-2;1-3-5-6-4-2;1-3(5)4-2/h3-6H2,1-2H3,(H,9,10);3-6H2,1-2H3;1-2H3,(H,4,5). The van der Waals surface area contributed by atoms with Crippen molar-refractivity contribution in [1.29, 1.82) is 0 Å². The Labute approximate surface area is 133 Å². The van der Waals surface area contributed by atoms with Crippen molar-refractivity contribution in [2.24, 2.45) is 0 Å². The van der Waals surface area contributed by atoms with E-state index in [0.29, 0.717) is 0 Å². The van der Waals surface area contributed by atoms with Crippen molar-refractivity contribution in [1.82, 2.24) is 10.6 Å². The fourth-order valence-electron chi connectivity index (χ4n) is 1.23. The van der Waals surface area contributed by atoms with Gasteiger partial charge in [0.25, 0.3) is 0 Å². The Balaban J connectivity index is -0.000000252. The Hall–Kier alpha value is -0.995. The van der Waals surface area contributed by atoms with Crippen molar-refractivity contribution >= 4 is 19.0 Å². The second-order valence-electron chi connectivity index (χ2n) is 4.83. The summed E-state index contributed by atoms with van der Waals surface area (Å²) in [4.78, 5) is 20.3. The van der Waals surface area contributed by atoms with Gasteiger partial charge in [-0.3, -0.25) is 9.59 Å². The predicted molar refractivity (Wildman–Crippen MR) is 94.1 cm³/mol. The van der Waals surface area contributed by atoms with E-state index in [0.717, 1.165) is 12.7 Å². The summed E-state index contributed by atoms with van der Waals surface area (Å²) < 4.78 is 0. The first-order chi connectivity index (χ1) is 9.99. The van der Waals surface area contributed by atoms with Gasteiger partial charge in [0.05, 0.1) is 0 Å². The van der Waals surface area contributed by atoms with Gasteiger partial charge in [0, 0.05) is 21.0 Å². The molecule has 1 radical (unpaired) electrons. The van der Waals surface area contributed by atoms with Crippen LogP contribution in [0.2, 0.25) is 6.32 Å². The minimum atomic E-state index is 0.00463. The summed E-state index contributed by atoms with van der Waals surface area (Å²) in [6.45, 7) is 8.09. The maximum Gasteiger partial charge on any atom is 0.232 e. The fourth-order valence-corrected chi connectivity index (χ4v) is 1.23. The van der Waals surface area contributed by atoms with E-state index in [-0.39, 0.29) is 11.7 Å². The second-order valence-corrected chi connectivity index (χ2v) is 4.83. The number of carbonyl (C=O) groups is 2. The molecule has 0 aliphatic heterocycles. The van der Waals surface area contributed by atoms with Crippen LogP contribution in [-0.2, 0) is 4.79 Å². The summed E-state index contributed by atoms with van der Waals surface area (Å²) in [7, 11) is 4.96. The third-order valence-electron chi connectivity index (χ3n) is 2.69. The van der Waals surface area contributed by atoms with Gasteiger partial charge in [0.1, 0.15) is 0 Å². The summed E-state index contributed by atoms with van der Waals surface area (Å²) in [5.41, 5.74) is 0. The Kier molecular flexibility index (Phi) is 28.6. The Bertz CT molecular complexity index is 220. The highest BCUT2D eigenvalue weighted by molar-refractivity contribution is 6.73. The third-order valence-corrected chi connectivity index (χ3v) is 2.69. The largest absolute Gasteiger partial charge is 0.368 e. The lowest BCUT2D eigenvalue weighted by molar-refractivity contribution is -0.118. The van der Waals surface area contributed by atoms with E-state index < -0.39 is 0 Å². The van der Waals surface area contributed by atoms with Crippen LogP contribution >= 0.6 is 0 Å². The number of nitrogens with one attached hydrogen (secondary N) is 2. The molecule has 0 unspecified atom stereocenters. The van der Waals surface area contributed by atoms with Crippen LogP contribution in [0, 0.1) is 0 Å². The minimum Gasteiger partial charge on any atom is -0.368 e. The zero-order valence-corrected chi connectivity index (χ0v) is 15.1. The molecule has 0 fully saturated rings. The second kappa shape index (κ2) is 24.1. The average molecular weight is 299 g/mol. The van der Waals surface area contributed by atoms with Crippen LogP contribution in [0.5, 0.6) is 0 Å². The molecule has 0 aliphatic rings. The Morgan fingerprint density at radius 3 is 1.48 bits per heavy atom. The monoisotopic (exact) mass is 299 g/mol. The summed E-state index contributed by atoms with van der Waals surface area (Å²) in [5.74, 6) is 0.0427. The number of unbranched alkanes of at least 4 members (excludes halogenated alkanes) is 5. The fraction of sp³-hybridized carbons (Fsp3) is 0.875. The molecule has 0 bridgehead atoms. The van der Waals surface area contributed by atoms with Crippen LogP contribution in [0.3, 0.4) is 0 Å². The minimum absolute atomic E-state index is 0.00463. The summed E-state index contributed by atoms with van der Waals surface area (Å²) in [6, 6.07) is 0. The quantitative estimate of drug-likeness (QED) is 0.526. The van der Waals surface area contributed by atoms with E-state index in [1.54, 1.807) is 21.4 Å². The van der Waals surface area contributed by atoms with Crippen molar-refractivity contribution in [2.45, 2.75) is 79.0 Å². The molecule has 0 aromatic rings. The van der Waals surface area contributed by atoms with E-state index in [2.05, 4.69) is 31.4 Å². The van der Waals surface area contributed by atoms with Gasteiger partial charge in [-0.05, 0) is 0 Å².